The highest BCUT2D eigenvalue weighted by Gasteiger charge is 2.25. The van der Waals surface area contributed by atoms with Gasteiger partial charge < -0.3 is 20.3 Å². The smallest absolute Gasteiger partial charge is 0.274 e. The van der Waals surface area contributed by atoms with Gasteiger partial charge in [0.25, 0.3) is 9.05 Å². The summed E-state index contributed by atoms with van der Waals surface area (Å²) < 4.78 is 80.1. The molecule has 0 atom stereocenters. The van der Waals surface area contributed by atoms with Gasteiger partial charge in [-0.2, -0.15) is 0 Å². The summed E-state index contributed by atoms with van der Waals surface area (Å²) in [7, 11) is -2.79. The highest BCUT2D eigenvalue weighted by molar-refractivity contribution is 8.15. The van der Waals surface area contributed by atoms with Crippen LogP contribution in [0.2, 0.25) is 0 Å². The molecule has 0 aliphatic heterocycles. The van der Waals surface area contributed by atoms with Crippen molar-refractivity contribution in [3.05, 3.63) is 88.9 Å². The predicted octanol–water partition coefficient (Wildman–Crippen LogP) is 6.14. The first-order chi connectivity index (χ1) is 20.2. The summed E-state index contributed by atoms with van der Waals surface area (Å²) in [5.74, 6) is 0.327. The number of ether oxygens (including phenoxy) is 2. The van der Waals surface area contributed by atoms with Crippen molar-refractivity contribution >= 4 is 79.1 Å². The Balaban J connectivity index is 0.000000180. The lowest BCUT2D eigenvalue weighted by molar-refractivity contribution is 0.406. The Morgan fingerprint density at radius 2 is 1.07 bits per heavy atom. The van der Waals surface area contributed by atoms with Crippen LogP contribution in [0.1, 0.15) is 0 Å². The number of sulfone groups is 2. The first-order valence-electron chi connectivity index (χ1n) is 11.6. The van der Waals surface area contributed by atoms with Crippen LogP contribution in [0.4, 0.5) is 5.69 Å². The maximum absolute atomic E-state index is 12.2. The summed E-state index contributed by atoms with van der Waals surface area (Å²) in [6.45, 7) is 0. The first kappa shape index (κ1) is 34.4. The fraction of sp³-hybridized carbons (Fsp3) is 0.0769. The molecule has 230 valence electrons. The Morgan fingerprint density at radius 1 is 0.651 bits per heavy atom. The lowest BCUT2D eigenvalue weighted by atomic mass is 10.4. The van der Waals surface area contributed by atoms with Crippen molar-refractivity contribution in [1.82, 2.24) is 0 Å². The third-order valence-electron chi connectivity index (χ3n) is 5.21. The summed E-state index contributed by atoms with van der Waals surface area (Å²) in [5.41, 5.74) is 5.49. The molecular formula is C26H24ClNO9S6. The van der Waals surface area contributed by atoms with E-state index in [4.69, 9.17) is 25.9 Å². The van der Waals surface area contributed by atoms with Crippen molar-refractivity contribution in [2.75, 3.05) is 20.0 Å². The molecule has 0 saturated carbocycles. The Bertz CT molecular complexity index is 1970. The van der Waals surface area contributed by atoms with Gasteiger partial charge in [0.05, 0.1) is 29.7 Å². The fourth-order valence-corrected chi connectivity index (χ4v) is 10.7. The molecule has 0 amide bonds. The molecule has 0 aliphatic carbocycles. The number of nitrogens with two attached hydrogens (primary N) is 1. The van der Waals surface area contributed by atoms with Gasteiger partial charge in [-0.25, -0.2) is 25.3 Å². The molecule has 0 bridgehead atoms. The number of nitrogen functional groups attached to an aromatic ring is 1. The number of methoxy groups -OCH3 is 2. The van der Waals surface area contributed by atoms with E-state index in [2.05, 4.69) is 0 Å². The van der Waals surface area contributed by atoms with E-state index in [9.17, 15) is 30.4 Å². The van der Waals surface area contributed by atoms with Crippen molar-refractivity contribution in [3.8, 4) is 17.2 Å². The fourth-order valence-electron chi connectivity index (χ4n) is 3.19. The van der Waals surface area contributed by atoms with Gasteiger partial charge in [0.15, 0.2) is 18.4 Å². The molecule has 3 N–H and O–H groups in total. The zero-order chi connectivity index (χ0) is 31.8. The van der Waals surface area contributed by atoms with E-state index in [0.717, 1.165) is 34.0 Å². The van der Waals surface area contributed by atoms with Gasteiger partial charge in [-0.1, -0.05) is 36.4 Å². The number of rotatable bonds is 7. The summed E-state index contributed by atoms with van der Waals surface area (Å²) in [4.78, 5) is 0.433. The normalized spacial score (nSPS) is 11.4. The summed E-state index contributed by atoms with van der Waals surface area (Å²) in [6.07, 6.45) is 0. The van der Waals surface area contributed by atoms with Crippen molar-refractivity contribution < 1.29 is 39.8 Å². The van der Waals surface area contributed by atoms with Gasteiger partial charge in [-0.15, -0.1) is 34.0 Å². The monoisotopic (exact) mass is 721 g/mol. The Labute approximate surface area is 265 Å². The van der Waals surface area contributed by atoms with Crippen molar-refractivity contribution in [3.63, 3.8) is 0 Å². The lowest BCUT2D eigenvalue weighted by Crippen LogP contribution is -2.01. The highest BCUT2D eigenvalue weighted by atomic mass is 35.7. The van der Waals surface area contributed by atoms with Crippen LogP contribution < -0.4 is 15.2 Å². The van der Waals surface area contributed by atoms with Gasteiger partial charge in [-0.3, -0.25) is 0 Å². The minimum absolute atomic E-state index is 0.0571. The zero-order valence-corrected chi connectivity index (χ0v) is 27.9. The molecule has 0 spiro atoms. The zero-order valence-electron chi connectivity index (χ0n) is 22.3. The number of anilines is 1. The molecule has 5 rings (SSSR count). The molecule has 0 aliphatic rings. The number of hydrogen-bond donors (Lipinski definition) is 2. The largest absolute Gasteiger partial charge is 0.504 e. The molecule has 10 nitrogen and oxygen atoms in total. The number of halogens is 1. The van der Waals surface area contributed by atoms with Crippen molar-refractivity contribution in [1.29, 1.82) is 0 Å². The molecule has 2 aromatic carbocycles. The van der Waals surface area contributed by atoms with E-state index in [-0.39, 0.29) is 33.9 Å². The van der Waals surface area contributed by atoms with Gasteiger partial charge >= 0.3 is 0 Å². The predicted molar refractivity (Wildman–Crippen MR) is 169 cm³/mol. The van der Waals surface area contributed by atoms with Crippen LogP contribution in [0.5, 0.6) is 17.2 Å². The van der Waals surface area contributed by atoms with E-state index in [1.54, 1.807) is 71.4 Å². The van der Waals surface area contributed by atoms with E-state index >= 15 is 0 Å². The molecule has 3 aromatic heterocycles. The summed E-state index contributed by atoms with van der Waals surface area (Å²) >= 11 is 3.11. The minimum Gasteiger partial charge on any atom is -0.504 e. The summed E-state index contributed by atoms with van der Waals surface area (Å²) in [5, 5.41) is 14.3. The third-order valence-corrected chi connectivity index (χ3v) is 14.7. The van der Waals surface area contributed by atoms with Gasteiger partial charge in [-0.05, 0) is 47.2 Å². The molecule has 5 aromatic rings. The van der Waals surface area contributed by atoms with E-state index in [0.29, 0.717) is 11.5 Å². The Morgan fingerprint density at radius 3 is 1.44 bits per heavy atom. The van der Waals surface area contributed by atoms with Crippen LogP contribution in [0.25, 0.3) is 0 Å². The molecule has 0 unspecified atom stereocenters. The third kappa shape index (κ3) is 8.29. The van der Waals surface area contributed by atoms with Crippen molar-refractivity contribution in [2.45, 2.75) is 22.4 Å². The van der Waals surface area contributed by atoms with E-state index < -0.39 is 28.7 Å². The second-order valence-corrected chi connectivity index (χ2v) is 17.7. The highest BCUT2D eigenvalue weighted by Crippen LogP contribution is 2.38. The molecule has 43 heavy (non-hydrogen) atoms. The van der Waals surface area contributed by atoms with Crippen LogP contribution in [0, 0.1) is 0 Å². The van der Waals surface area contributed by atoms with Crippen LogP contribution in [0.15, 0.2) is 111 Å². The molecule has 17 heteroatoms. The Hall–Kier alpha value is -3.12. The maximum Gasteiger partial charge on any atom is 0.274 e. The number of aromatic hydroxyl groups is 1. The maximum atomic E-state index is 12.2. The standard InChI is InChI=1S/C11H10O3S2.C10H9NO3S2.C5H5ClO3S2/c1-14-10-7-8-15-11(10)16(12,13)9-5-3-2-4-6-9;11-8-6-15-10(9(8)12)16(13,14)7-4-2-1-3-5-7;1-9-4-2-3-10-5(4)11(6,7)8/h2-8H,1H3;1-6,12H,11H2;2-3H,1H3. The van der Waals surface area contributed by atoms with Crippen molar-refractivity contribution in [2.24, 2.45) is 0 Å². The van der Waals surface area contributed by atoms with Gasteiger partial charge in [0.2, 0.25) is 19.7 Å². The van der Waals surface area contributed by atoms with E-state index in [1.165, 1.54) is 31.7 Å². The molecular weight excluding hydrogens is 698 g/mol. The average Bonchev–Trinajstić information content (AvgIpc) is 3.75. The number of thiophene rings is 3. The second-order valence-electron chi connectivity index (χ2n) is 7.95. The topological polar surface area (TPSA) is 167 Å². The SMILES string of the molecule is COc1ccsc1S(=O)(=O)Cl.COc1ccsc1S(=O)(=O)c1ccccc1.Nc1csc(S(=O)(=O)c2ccccc2)c1O. The quantitative estimate of drug-likeness (QED) is 0.186. The molecule has 0 fully saturated rings. The molecule has 0 radical (unpaired) electrons. The molecule has 0 saturated heterocycles. The first-order valence-corrected chi connectivity index (χ1v) is 19.5. The van der Waals surface area contributed by atoms with Crippen LogP contribution >= 0.6 is 44.7 Å². The Kier molecular flexibility index (Phi) is 11.6. The van der Waals surface area contributed by atoms with Gasteiger partial charge in [0.1, 0.15) is 11.5 Å². The second kappa shape index (κ2) is 14.6. The van der Waals surface area contributed by atoms with E-state index in [1.807, 2.05) is 0 Å². The lowest BCUT2D eigenvalue weighted by Gasteiger charge is -2.04. The van der Waals surface area contributed by atoms with Gasteiger partial charge in [0, 0.05) is 16.1 Å². The number of hydrogen-bond acceptors (Lipinski definition) is 13. The molecule has 3 heterocycles. The average molecular weight is 722 g/mol. The summed E-state index contributed by atoms with van der Waals surface area (Å²) in [6, 6.07) is 19.5. The minimum atomic E-state index is -3.66. The van der Waals surface area contributed by atoms with Crippen LogP contribution in [-0.2, 0) is 28.7 Å². The van der Waals surface area contributed by atoms with Crippen LogP contribution in [0.3, 0.4) is 0 Å². The van der Waals surface area contributed by atoms with Crippen LogP contribution in [-0.4, -0.2) is 44.6 Å². The number of benzene rings is 2.